The SMILES string of the molecule is Cc1cc(C)cc(C(=O)NC[C@@H]2c3ccccc3-c3cncn32)c1. The van der Waals surface area contributed by atoms with Crippen LogP contribution >= 0.6 is 0 Å². The molecule has 0 spiro atoms. The zero-order valence-electron chi connectivity index (χ0n) is 13.8. The van der Waals surface area contributed by atoms with Crippen LogP contribution in [0.25, 0.3) is 11.3 Å². The maximum Gasteiger partial charge on any atom is 0.251 e. The average molecular weight is 317 g/mol. The van der Waals surface area contributed by atoms with Crippen molar-refractivity contribution >= 4 is 5.91 Å². The van der Waals surface area contributed by atoms with Crippen molar-refractivity contribution in [3.63, 3.8) is 0 Å². The van der Waals surface area contributed by atoms with Gasteiger partial charge in [0.2, 0.25) is 0 Å². The van der Waals surface area contributed by atoms with Crippen molar-refractivity contribution in [2.24, 2.45) is 0 Å². The third-order valence-corrected chi connectivity index (χ3v) is 4.54. The number of carbonyl (C=O) groups excluding carboxylic acids is 1. The van der Waals surface area contributed by atoms with Crippen LogP contribution in [0.3, 0.4) is 0 Å². The molecule has 1 N–H and O–H groups in total. The number of benzene rings is 2. The smallest absolute Gasteiger partial charge is 0.251 e. The van der Waals surface area contributed by atoms with Gasteiger partial charge in [-0.3, -0.25) is 4.79 Å². The maximum atomic E-state index is 12.5. The van der Waals surface area contributed by atoms with Crippen molar-refractivity contribution < 1.29 is 4.79 Å². The van der Waals surface area contributed by atoms with E-state index in [1.54, 1.807) is 0 Å². The highest BCUT2D eigenvalue weighted by Gasteiger charge is 2.28. The van der Waals surface area contributed by atoms with Gasteiger partial charge in [-0.15, -0.1) is 0 Å². The molecule has 2 aromatic carbocycles. The fourth-order valence-corrected chi connectivity index (χ4v) is 3.54. The Morgan fingerprint density at radius 3 is 2.71 bits per heavy atom. The molecule has 24 heavy (non-hydrogen) atoms. The van der Waals surface area contributed by atoms with E-state index in [1.807, 2.05) is 50.6 Å². The van der Waals surface area contributed by atoms with Crippen LogP contribution in [0.5, 0.6) is 0 Å². The Morgan fingerprint density at radius 1 is 1.17 bits per heavy atom. The largest absolute Gasteiger partial charge is 0.350 e. The third kappa shape index (κ3) is 2.40. The van der Waals surface area contributed by atoms with Gasteiger partial charge in [-0.05, 0) is 31.5 Å². The summed E-state index contributed by atoms with van der Waals surface area (Å²) in [6.07, 6.45) is 3.72. The maximum absolute atomic E-state index is 12.5. The Morgan fingerprint density at radius 2 is 1.92 bits per heavy atom. The standard InChI is InChI=1S/C20H19N3O/c1-13-7-14(2)9-15(8-13)20(24)22-11-19-17-6-4-3-5-16(17)18-10-21-12-23(18)19/h3-10,12,19H,11H2,1-2H3,(H,22,24)/t19-/m1/s1. The van der Waals surface area contributed by atoms with Gasteiger partial charge >= 0.3 is 0 Å². The van der Waals surface area contributed by atoms with Gasteiger partial charge in [-0.2, -0.15) is 0 Å². The van der Waals surface area contributed by atoms with Crippen molar-refractivity contribution in [3.05, 3.63) is 77.2 Å². The molecule has 0 saturated heterocycles. The molecular weight excluding hydrogens is 298 g/mol. The van der Waals surface area contributed by atoms with E-state index >= 15 is 0 Å². The summed E-state index contributed by atoms with van der Waals surface area (Å²) in [7, 11) is 0. The molecule has 0 saturated carbocycles. The molecule has 0 unspecified atom stereocenters. The first kappa shape index (κ1) is 14.7. The molecule has 120 valence electrons. The second-order valence-electron chi connectivity index (χ2n) is 6.38. The van der Waals surface area contributed by atoms with Gasteiger partial charge in [-0.25, -0.2) is 4.98 Å². The number of fused-ring (bicyclic) bond motifs is 3. The molecule has 0 bridgehead atoms. The van der Waals surface area contributed by atoms with Crippen molar-refractivity contribution in [2.45, 2.75) is 19.9 Å². The van der Waals surface area contributed by atoms with Crippen LogP contribution in [0.15, 0.2) is 55.0 Å². The quantitative estimate of drug-likeness (QED) is 0.803. The van der Waals surface area contributed by atoms with Crippen LogP contribution in [-0.4, -0.2) is 22.0 Å². The zero-order chi connectivity index (χ0) is 16.7. The average Bonchev–Trinajstić information content (AvgIpc) is 3.13. The van der Waals surface area contributed by atoms with E-state index in [2.05, 4.69) is 33.1 Å². The minimum Gasteiger partial charge on any atom is -0.350 e. The molecule has 1 aliphatic heterocycles. The molecule has 1 amide bonds. The van der Waals surface area contributed by atoms with E-state index in [-0.39, 0.29) is 11.9 Å². The van der Waals surface area contributed by atoms with Gasteiger partial charge in [-0.1, -0.05) is 41.5 Å². The number of nitrogens with zero attached hydrogens (tertiary/aromatic N) is 2. The Hall–Kier alpha value is -2.88. The lowest BCUT2D eigenvalue weighted by atomic mass is 10.0. The number of aryl methyl sites for hydroxylation is 2. The van der Waals surface area contributed by atoms with Crippen LogP contribution in [0.2, 0.25) is 0 Å². The van der Waals surface area contributed by atoms with Crippen molar-refractivity contribution in [1.29, 1.82) is 0 Å². The van der Waals surface area contributed by atoms with Gasteiger partial charge in [0.05, 0.1) is 24.3 Å². The lowest BCUT2D eigenvalue weighted by Crippen LogP contribution is -2.30. The van der Waals surface area contributed by atoms with E-state index in [4.69, 9.17) is 0 Å². The van der Waals surface area contributed by atoms with E-state index in [0.29, 0.717) is 12.1 Å². The second kappa shape index (κ2) is 5.64. The minimum atomic E-state index is -0.0344. The Kier molecular flexibility index (Phi) is 3.45. The van der Waals surface area contributed by atoms with Gasteiger partial charge < -0.3 is 9.88 Å². The normalized spacial score (nSPS) is 15.0. The summed E-state index contributed by atoms with van der Waals surface area (Å²) in [5, 5.41) is 3.08. The predicted molar refractivity (Wildman–Crippen MR) is 94.1 cm³/mol. The first-order valence-corrected chi connectivity index (χ1v) is 8.11. The second-order valence-corrected chi connectivity index (χ2v) is 6.38. The Bertz CT molecular complexity index is 906. The Labute approximate surface area is 141 Å². The highest BCUT2D eigenvalue weighted by atomic mass is 16.1. The van der Waals surface area contributed by atoms with E-state index in [0.717, 1.165) is 16.8 Å². The summed E-state index contributed by atoms with van der Waals surface area (Å²) in [5.74, 6) is -0.0344. The highest BCUT2D eigenvalue weighted by molar-refractivity contribution is 5.94. The van der Waals surface area contributed by atoms with Crippen LogP contribution in [0.1, 0.15) is 33.1 Å². The molecule has 0 aliphatic carbocycles. The number of rotatable bonds is 3. The van der Waals surface area contributed by atoms with Gasteiger partial charge in [0, 0.05) is 17.7 Å². The van der Waals surface area contributed by atoms with Crippen molar-refractivity contribution in [3.8, 4) is 11.3 Å². The summed E-state index contributed by atoms with van der Waals surface area (Å²) >= 11 is 0. The van der Waals surface area contributed by atoms with Crippen LogP contribution in [0.4, 0.5) is 0 Å². The number of carbonyl (C=O) groups is 1. The van der Waals surface area contributed by atoms with E-state index in [9.17, 15) is 4.79 Å². The summed E-state index contributed by atoms with van der Waals surface area (Å²) in [5.41, 5.74) is 6.45. The molecule has 2 heterocycles. The molecule has 1 aromatic heterocycles. The zero-order valence-corrected chi connectivity index (χ0v) is 13.8. The molecule has 4 rings (SSSR count). The van der Waals surface area contributed by atoms with E-state index in [1.165, 1.54) is 11.1 Å². The van der Waals surface area contributed by atoms with Crippen molar-refractivity contribution in [2.75, 3.05) is 6.54 Å². The number of nitrogens with one attached hydrogen (secondary N) is 1. The summed E-state index contributed by atoms with van der Waals surface area (Å²) in [6.45, 7) is 4.57. The summed E-state index contributed by atoms with van der Waals surface area (Å²) in [6, 6.07) is 14.3. The summed E-state index contributed by atoms with van der Waals surface area (Å²) in [4.78, 5) is 16.8. The molecule has 0 radical (unpaired) electrons. The monoisotopic (exact) mass is 317 g/mol. The number of aromatic nitrogens is 2. The molecule has 4 nitrogen and oxygen atoms in total. The molecule has 1 aliphatic rings. The summed E-state index contributed by atoms with van der Waals surface area (Å²) < 4.78 is 2.13. The molecule has 3 aromatic rings. The fraction of sp³-hybridized carbons (Fsp3) is 0.200. The molecule has 1 atom stereocenters. The van der Waals surface area contributed by atoms with E-state index < -0.39 is 0 Å². The molecular formula is C20H19N3O. The van der Waals surface area contributed by atoms with Crippen LogP contribution in [0, 0.1) is 13.8 Å². The molecule has 0 fully saturated rings. The lowest BCUT2D eigenvalue weighted by molar-refractivity contribution is 0.0950. The molecule has 4 heteroatoms. The van der Waals surface area contributed by atoms with Gasteiger partial charge in [0.25, 0.3) is 5.91 Å². The van der Waals surface area contributed by atoms with Gasteiger partial charge in [0.1, 0.15) is 0 Å². The van der Waals surface area contributed by atoms with Crippen LogP contribution < -0.4 is 5.32 Å². The highest BCUT2D eigenvalue weighted by Crippen LogP contribution is 2.38. The first-order chi connectivity index (χ1) is 11.6. The number of amides is 1. The number of hydrogen-bond acceptors (Lipinski definition) is 2. The topological polar surface area (TPSA) is 46.9 Å². The lowest BCUT2D eigenvalue weighted by Gasteiger charge is -2.16. The fourth-order valence-electron chi connectivity index (χ4n) is 3.54. The first-order valence-electron chi connectivity index (χ1n) is 8.11. The van der Waals surface area contributed by atoms with Crippen LogP contribution in [-0.2, 0) is 0 Å². The minimum absolute atomic E-state index is 0.0344. The van der Waals surface area contributed by atoms with Crippen molar-refractivity contribution in [1.82, 2.24) is 14.9 Å². The Balaban J connectivity index is 1.57. The van der Waals surface area contributed by atoms with Gasteiger partial charge in [0.15, 0.2) is 0 Å². The number of imidazole rings is 1. The third-order valence-electron chi connectivity index (χ3n) is 4.54. The predicted octanol–water partition coefficient (Wildman–Crippen LogP) is 3.50. The number of hydrogen-bond donors (Lipinski definition) is 1.